The maximum absolute atomic E-state index is 12.3. The Hall–Kier alpha value is -1.63. The van der Waals surface area contributed by atoms with Crippen LogP contribution in [0.4, 0.5) is 0 Å². The molecule has 3 saturated heterocycles. The van der Waals surface area contributed by atoms with Crippen LogP contribution in [0, 0.1) is 0 Å². The Morgan fingerprint density at radius 2 is 2.11 bits per heavy atom. The Balaban J connectivity index is 1.59. The van der Waals surface area contributed by atoms with Gasteiger partial charge in [0.1, 0.15) is 6.04 Å². The number of fused-ring (bicyclic) bond motifs is 1. The lowest BCUT2D eigenvalue weighted by atomic mass is 10.1. The molecule has 7 nitrogen and oxygen atoms in total. The van der Waals surface area contributed by atoms with Crippen molar-refractivity contribution >= 4 is 17.7 Å². The highest BCUT2D eigenvalue weighted by atomic mass is 16.2. The minimum absolute atomic E-state index is 0.0269. The fourth-order valence-electron chi connectivity index (χ4n) is 3.03. The van der Waals surface area contributed by atoms with Gasteiger partial charge in [-0.25, -0.2) is 0 Å². The third kappa shape index (κ3) is 2.30. The molecule has 0 aliphatic carbocycles. The molecule has 0 spiro atoms. The molecule has 3 aliphatic heterocycles. The third-order valence-electron chi connectivity index (χ3n) is 4.12. The second kappa shape index (κ2) is 4.80. The summed E-state index contributed by atoms with van der Waals surface area (Å²) in [5.41, 5.74) is 0. The zero-order chi connectivity index (χ0) is 13.4. The molecule has 0 saturated carbocycles. The first-order chi connectivity index (χ1) is 9.15. The number of rotatable bonds is 1. The van der Waals surface area contributed by atoms with Crippen molar-refractivity contribution in [2.75, 3.05) is 32.7 Å². The van der Waals surface area contributed by atoms with Crippen molar-refractivity contribution in [2.45, 2.75) is 24.9 Å². The van der Waals surface area contributed by atoms with E-state index in [-0.39, 0.29) is 36.3 Å². The van der Waals surface area contributed by atoms with Crippen LogP contribution in [0.5, 0.6) is 0 Å². The molecule has 3 fully saturated rings. The summed E-state index contributed by atoms with van der Waals surface area (Å²) in [6.07, 6.45) is 1.45. The quantitative estimate of drug-likeness (QED) is 0.570. The first-order valence-corrected chi connectivity index (χ1v) is 6.73. The summed E-state index contributed by atoms with van der Waals surface area (Å²) in [6, 6.07) is -0.148. The normalized spacial score (nSPS) is 31.2. The van der Waals surface area contributed by atoms with E-state index in [2.05, 4.69) is 10.6 Å². The second-order valence-corrected chi connectivity index (χ2v) is 5.30. The summed E-state index contributed by atoms with van der Waals surface area (Å²) in [4.78, 5) is 38.7. The van der Waals surface area contributed by atoms with Gasteiger partial charge >= 0.3 is 0 Å². The first kappa shape index (κ1) is 12.4. The molecule has 0 aromatic heterocycles. The van der Waals surface area contributed by atoms with Crippen LogP contribution < -0.4 is 10.6 Å². The highest BCUT2D eigenvalue weighted by Crippen LogP contribution is 2.23. The molecule has 2 unspecified atom stereocenters. The van der Waals surface area contributed by atoms with E-state index in [9.17, 15) is 14.4 Å². The van der Waals surface area contributed by atoms with Gasteiger partial charge in [0.2, 0.25) is 17.7 Å². The van der Waals surface area contributed by atoms with Crippen molar-refractivity contribution in [1.29, 1.82) is 0 Å². The molecular formula is C12H18N4O3. The minimum Gasteiger partial charge on any atom is -0.353 e. The van der Waals surface area contributed by atoms with Crippen LogP contribution in [-0.2, 0) is 14.4 Å². The van der Waals surface area contributed by atoms with Gasteiger partial charge in [-0.05, 0) is 6.42 Å². The van der Waals surface area contributed by atoms with Gasteiger partial charge < -0.3 is 15.1 Å². The Morgan fingerprint density at radius 3 is 2.84 bits per heavy atom. The van der Waals surface area contributed by atoms with E-state index in [4.69, 9.17) is 0 Å². The second-order valence-electron chi connectivity index (χ2n) is 5.30. The number of hydrogen-bond acceptors (Lipinski definition) is 4. The summed E-state index contributed by atoms with van der Waals surface area (Å²) < 4.78 is 0. The molecule has 104 valence electrons. The summed E-state index contributed by atoms with van der Waals surface area (Å²) in [5.74, 6) is 0.161. The Labute approximate surface area is 111 Å². The Kier molecular flexibility index (Phi) is 3.14. The van der Waals surface area contributed by atoms with E-state index in [1.54, 1.807) is 0 Å². The summed E-state index contributed by atoms with van der Waals surface area (Å²) >= 11 is 0. The van der Waals surface area contributed by atoms with Gasteiger partial charge in [-0.3, -0.25) is 19.7 Å². The Morgan fingerprint density at radius 1 is 1.26 bits per heavy atom. The standard InChI is InChI=1S/C12H18N4O3/c17-10-6-13-9(5-14-10)12(19)15-3-4-16-8(7-15)1-2-11(16)18/h8-9,13H,1-7H2,(H,14,17). The van der Waals surface area contributed by atoms with Crippen LogP contribution in [-0.4, -0.2) is 72.3 Å². The fourth-order valence-corrected chi connectivity index (χ4v) is 3.03. The lowest BCUT2D eigenvalue weighted by molar-refractivity contribution is -0.141. The number of nitrogens with zero attached hydrogens (tertiary/aromatic N) is 2. The fraction of sp³-hybridized carbons (Fsp3) is 0.750. The van der Waals surface area contributed by atoms with E-state index in [1.165, 1.54) is 0 Å². The number of carbonyl (C=O) groups excluding carboxylic acids is 3. The molecule has 7 heteroatoms. The van der Waals surface area contributed by atoms with Crippen LogP contribution in [0.1, 0.15) is 12.8 Å². The maximum Gasteiger partial charge on any atom is 0.241 e. The van der Waals surface area contributed by atoms with Crippen LogP contribution in [0.15, 0.2) is 0 Å². The first-order valence-electron chi connectivity index (χ1n) is 6.73. The molecule has 3 amide bonds. The topological polar surface area (TPSA) is 81.8 Å². The Bertz CT molecular complexity index is 415. The summed E-state index contributed by atoms with van der Waals surface area (Å²) in [5, 5.41) is 5.64. The molecule has 19 heavy (non-hydrogen) atoms. The number of amides is 3. The summed E-state index contributed by atoms with van der Waals surface area (Å²) in [6.45, 7) is 2.39. The molecule has 2 atom stereocenters. The maximum atomic E-state index is 12.3. The van der Waals surface area contributed by atoms with Crippen molar-refractivity contribution in [1.82, 2.24) is 20.4 Å². The molecule has 3 heterocycles. The monoisotopic (exact) mass is 266 g/mol. The van der Waals surface area contributed by atoms with Crippen molar-refractivity contribution < 1.29 is 14.4 Å². The largest absolute Gasteiger partial charge is 0.353 e. The zero-order valence-electron chi connectivity index (χ0n) is 10.7. The van der Waals surface area contributed by atoms with Gasteiger partial charge in [0, 0.05) is 38.6 Å². The van der Waals surface area contributed by atoms with Crippen molar-refractivity contribution in [3.8, 4) is 0 Å². The predicted molar refractivity (Wildman–Crippen MR) is 66.1 cm³/mol. The summed E-state index contributed by atoms with van der Waals surface area (Å²) in [7, 11) is 0. The molecule has 3 aliphatic rings. The van der Waals surface area contributed by atoms with Gasteiger partial charge in [0.25, 0.3) is 0 Å². The van der Waals surface area contributed by atoms with Gasteiger partial charge in [-0.2, -0.15) is 0 Å². The van der Waals surface area contributed by atoms with Crippen LogP contribution in [0.2, 0.25) is 0 Å². The molecule has 0 bridgehead atoms. The predicted octanol–water partition coefficient (Wildman–Crippen LogP) is -2.09. The van der Waals surface area contributed by atoms with Crippen LogP contribution in [0.3, 0.4) is 0 Å². The van der Waals surface area contributed by atoms with Gasteiger partial charge in [0.05, 0.1) is 6.54 Å². The molecule has 0 aromatic rings. The molecule has 0 aromatic carbocycles. The zero-order valence-corrected chi connectivity index (χ0v) is 10.7. The molecule has 0 radical (unpaired) electrons. The van der Waals surface area contributed by atoms with Crippen molar-refractivity contribution in [3.05, 3.63) is 0 Å². The smallest absolute Gasteiger partial charge is 0.241 e. The number of carbonyl (C=O) groups is 3. The minimum atomic E-state index is -0.332. The van der Waals surface area contributed by atoms with Gasteiger partial charge in [-0.15, -0.1) is 0 Å². The van der Waals surface area contributed by atoms with Crippen LogP contribution >= 0.6 is 0 Å². The van der Waals surface area contributed by atoms with Crippen LogP contribution in [0.25, 0.3) is 0 Å². The van der Waals surface area contributed by atoms with Crippen molar-refractivity contribution in [2.24, 2.45) is 0 Å². The highest BCUT2D eigenvalue weighted by Gasteiger charge is 2.38. The average Bonchev–Trinajstić information content (AvgIpc) is 2.80. The van der Waals surface area contributed by atoms with Gasteiger partial charge in [0.15, 0.2) is 0 Å². The number of hydrogen-bond donors (Lipinski definition) is 2. The van der Waals surface area contributed by atoms with E-state index >= 15 is 0 Å². The van der Waals surface area contributed by atoms with Crippen molar-refractivity contribution in [3.63, 3.8) is 0 Å². The van der Waals surface area contributed by atoms with Gasteiger partial charge in [-0.1, -0.05) is 0 Å². The number of nitrogens with one attached hydrogen (secondary N) is 2. The van der Waals surface area contributed by atoms with E-state index in [0.29, 0.717) is 32.6 Å². The molecule has 2 N–H and O–H groups in total. The van der Waals surface area contributed by atoms with E-state index in [1.807, 2.05) is 9.80 Å². The average molecular weight is 266 g/mol. The van der Waals surface area contributed by atoms with E-state index in [0.717, 1.165) is 6.42 Å². The SMILES string of the molecule is O=C1CNC(C(=O)N2CCN3C(=O)CCC3C2)CN1. The molecule has 3 rings (SSSR count). The number of piperazine rings is 2. The van der Waals surface area contributed by atoms with E-state index < -0.39 is 0 Å². The molecular weight excluding hydrogens is 248 g/mol. The lowest BCUT2D eigenvalue weighted by Gasteiger charge is -2.39. The highest BCUT2D eigenvalue weighted by molar-refractivity contribution is 5.87. The third-order valence-corrected chi connectivity index (χ3v) is 4.12. The lowest BCUT2D eigenvalue weighted by Crippen LogP contribution is -2.62.